The van der Waals surface area contributed by atoms with Gasteiger partial charge in [-0.15, -0.1) is 5.10 Å². The van der Waals surface area contributed by atoms with Crippen LogP contribution in [0.25, 0.3) is 5.69 Å². The summed E-state index contributed by atoms with van der Waals surface area (Å²) < 4.78 is 27.9. The van der Waals surface area contributed by atoms with Gasteiger partial charge in [0.2, 0.25) is 10.0 Å². The fraction of sp³-hybridized carbons (Fsp3) is 0.385. The molecule has 1 aromatic carbocycles. The first-order valence-electron chi connectivity index (χ1n) is 6.90. The van der Waals surface area contributed by atoms with Crippen LogP contribution in [0, 0.1) is 5.41 Å². The van der Waals surface area contributed by atoms with E-state index in [4.69, 9.17) is 0 Å². The van der Waals surface area contributed by atoms with Crippen LogP contribution in [0.4, 0.5) is 0 Å². The van der Waals surface area contributed by atoms with Gasteiger partial charge < -0.3 is 5.11 Å². The summed E-state index contributed by atoms with van der Waals surface area (Å²) in [7, 11) is -3.72. The SMILES string of the molecule is CC1(C(=O)O)CCN(S(=O)(=O)c2ccc(-n3cnnn3)cc2)C1. The van der Waals surface area contributed by atoms with E-state index in [2.05, 4.69) is 15.5 Å². The molecule has 1 N–H and O–H groups in total. The molecule has 0 amide bonds. The minimum atomic E-state index is -3.72. The van der Waals surface area contributed by atoms with Crippen LogP contribution in [0.2, 0.25) is 0 Å². The molecule has 0 spiro atoms. The van der Waals surface area contributed by atoms with Crippen molar-refractivity contribution in [2.24, 2.45) is 5.41 Å². The average molecular weight is 337 g/mol. The van der Waals surface area contributed by atoms with Crippen LogP contribution in [-0.2, 0) is 14.8 Å². The lowest BCUT2D eigenvalue weighted by Gasteiger charge is -2.20. The van der Waals surface area contributed by atoms with E-state index in [-0.39, 0.29) is 18.0 Å². The predicted molar refractivity (Wildman–Crippen MR) is 78.3 cm³/mol. The van der Waals surface area contributed by atoms with E-state index in [0.717, 1.165) is 0 Å². The topological polar surface area (TPSA) is 118 Å². The maximum Gasteiger partial charge on any atom is 0.310 e. The molecule has 0 saturated carbocycles. The van der Waals surface area contributed by atoms with E-state index in [1.807, 2.05) is 0 Å². The van der Waals surface area contributed by atoms with Gasteiger partial charge in [-0.25, -0.2) is 13.1 Å². The molecule has 0 bridgehead atoms. The van der Waals surface area contributed by atoms with Crippen LogP contribution in [0.5, 0.6) is 0 Å². The van der Waals surface area contributed by atoms with E-state index < -0.39 is 21.4 Å². The lowest BCUT2D eigenvalue weighted by Crippen LogP contribution is -2.34. The predicted octanol–water partition coefficient (Wildman–Crippen LogP) is 0.148. The molecule has 1 aromatic heterocycles. The molecular weight excluding hydrogens is 322 g/mol. The van der Waals surface area contributed by atoms with E-state index in [1.165, 1.54) is 27.4 Å². The Bertz CT molecular complexity index is 819. The number of tetrazole rings is 1. The molecule has 9 nitrogen and oxygen atoms in total. The molecule has 2 heterocycles. The molecule has 10 heteroatoms. The summed E-state index contributed by atoms with van der Waals surface area (Å²) in [6.07, 6.45) is 1.70. The molecule has 1 aliphatic heterocycles. The second-order valence-corrected chi connectivity index (χ2v) is 7.64. The fourth-order valence-corrected chi connectivity index (χ4v) is 4.06. The van der Waals surface area contributed by atoms with Crippen molar-refractivity contribution in [2.45, 2.75) is 18.2 Å². The third-order valence-corrected chi connectivity index (χ3v) is 5.90. The molecule has 1 unspecified atom stereocenters. The van der Waals surface area contributed by atoms with Crippen LogP contribution in [-0.4, -0.2) is 57.1 Å². The van der Waals surface area contributed by atoms with Crippen LogP contribution in [0.15, 0.2) is 35.5 Å². The van der Waals surface area contributed by atoms with Crippen LogP contribution in [0.3, 0.4) is 0 Å². The lowest BCUT2D eigenvalue weighted by molar-refractivity contribution is -0.146. The first kappa shape index (κ1) is 15.6. The summed E-state index contributed by atoms with van der Waals surface area (Å²) in [5.74, 6) is -0.982. The zero-order chi connectivity index (χ0) is 16.7. The molecular formula is C13H15N5O4S. The minimum absolute atomic E-state index is 0.0284. The minimum Gasteiger partial charge on any atom is -0.481 e. The summed E-state index contributed by atoms with van der Waals surface area (Å²) in [5.41, 5.74) is -0.412. The Labute approximate surface area is 132 Å². The summed E-state index contributed by atoms with van der Waals surface area (Å²) in [6, 6.07) is 6.11. The highest BCUT2D eigenvalue weighted by atomic mass is 32.2. The largest absolute Gasteiger partial charge is 0.481 e. The second kappa shape index (κ2) is 5.39. The molecule has 0 aliphatic carbocycles. The quantitative estimate of drug-likeness (QED) is 0.843. The van der Waals surface area contributed by atoms with Crippen molar-refractivity contribution < 1.29 is 18.3 Å². The Morgan fingerprint density at radius 2 is 2.00 bits per heavy atom. The number of hydrogen-bond donors (Lipinski definition) is 1. The number of aliphatic carboxylic acids is 1. The van der Waals surface area contributed by atoms with E-state index in [1.54, 1.807) is 19.1 Å². The first-order chi connectivity index (χ1) is 10.8. The molecule has 0 radical (unpaired) electrons. The summed E-state index contributed by atoms with van der Waals surface area (Å²) in [6.45, 7) is 1.73. The van der Waals surface area contributed by atoms with E-state index >= 15 is 0 Å². The van der Waals surface area contributed by atoms with E-state index in [9.17, 15) is 18.3 Å². The van der Waals surface area contributed by atoms with Gasteiger partial charge in [0.15, 0.2) is 0 Å². The van der Waals surface area contributed by atoms with Gasteiger partial charge in [0.1, 0.15) is 6.33 Å². The number of benzene rings is 1. The summed E-state index contributed by atoms with van der Waals surface area (Å²) >= 11 is 0. The zero-order valence-electron chi connectivity index (χ0n) is 12.3. The van der Waals surface area contributed by atoms with Gasteiger partial charge >= 0.3 is 5.97 Å². The third kappa shape index (κ3) is 2.70. The fourth-order valence-electron chi connectivity index (χ4n) is 2.50. The normalized spacial score (nSPS) is 22.3. The van der Waals surface area contributed by atoms with E-state index in [0.29, 0.717) is 12.1 Å². The van der Waals surface area contributed by atoms with Crippen molar-refractivity contribution in [3.63, 3.8) is 0 Å². The molecule has 1 atom stereocenters. The van der Waals surface area contributed by atoms with Gasteiger partial charge in [-0.1, -0.05) is 0 Å². The third-order valence-electron chi connectivity index (χ3n) is 4.04. The molecule has 2 aromatic rings. The summed E-state index contributed by atoms with van der Waals surface area (Å²) in [4.78, 5) is 11.4. The average Bonchev–Trinajstić information content (AvgIpc) is 3.18. The highest BCUT2D eigenvalue weighted by Gasteiger charge is 2.44. The van der Waals surface area contributed by atoms with Crippen molar-refractivity contribution in [2.75, 3.05) is 13.1 Å². The van der Waals surface area contributed by atoms with Gasteiger partial charge in [-0.05, 0) is 48.0 Å². The number of sulfonamides is 1. The number of carbonyl (C=O) groups is 1. The number of carboxylic acid groups (broad SMARTS) is 1. The van der Waals surface area contributed by atoms with Gasteiger partial charge in [0.25, 0.3) is 0 Å². The zero-order valence-corrected chi connectivity index (χ0v) is 13.1. The van der Waals surface area contributed by atoms with Crippen LogP contribution >= 0.6 is 0 Å². The van der Waals surface area contributed by atoms with Gasteiger partial charge in [-0.2, -0.15) is 4.31 Å². The Balaban J connectivity index is 1.85. The maximum absolute atomic E-state index is 12.6. The molecule has 1 aliphatic rings. The Kier molecular flexibility index (Phi) is 3.65. The highest BCUT2D eigenvalue weighted by Crippen LogP contribution is 2.33. The summed E-state index contributed by atoms with van der Waals surface area (Å²) in [5, 5.41) is 20.0. The molecule has 1 fully saturated rings. The van der Waals surface area contributed by atoms with Crippen molar-refractivity contribution in [3.8, 4) is 5.69 Å². The smallest absolute Gasteiger partial charge is 0.310 e. The van der Waals surface area contributed by atoms with Crippen LogP contribution < -0.4 is 0 Å². The van der Waals surface area contributed by atoms with Gasteiger partial charge in [-0.3, -0.25) is 4.79 Å². The number of rotatable bonds is 4. The van der Waals surface area contributed by atoms with Crippen molar-refractivity contribution in [1.29, 1.82) is 0 Å². The standard InChI is InChI=1S/C13H15N5O4S/c1-13(12(19)20)6-7-17(8-13)23(21,22)11-4-2-10(3-5-11)18-9-14-15-16-18/h2-5,9H,6-8H2,1H3,(H,19,20). The highest BCUT2D eigenvalue weighted by molar-refractivity contribution is 7.89. The number of nitrogens with zero attached hydrogens (tertiary/aromatic N) is 5. The van der Waals surface area contributed by atoms with Crippen molar-refractivity contribution >= 4 is 16.0 Å². The first-order valence-corrected chi connectivity index (χ1v) is 8.34. The van der Waals surface area contributed by atoms with Crippen molar-refractivity contribution in [3.05, 3.63) is 30.6 Å². The van der Waals surface area contributed by atoms with Crippen molar-refractivity contribution in [1.82, 2.24) is 24.5 Å². The molecule has 23 heavy (non-hydrogen) atoms. The number of aromatic nitrogens is 4. The van der Waals surface area contributed by atoms with Gasteiger partial charge in [0, 0.05) is 13.1 Å². The number of hydrogen-bond acceptors (Lipinski definition) is 6. The number of carboxylic acids is 1. The van der Waals surface area contributed by atoms with Crippen LogP contribution in [0.1, 0.15) is 13.3 Å². The second-order valence-electron chi connectivity index (χ2n) is 5.70. The molecule has 1 saturated heterocycles. The van der Waals surface area contributed by atoms with Gasteiger partial charge in [0.05, 0.1) is 16.0 Å². The molecule has 3 rings (SSSR count). The maximum atomic E-state index is 12.6. The molecule has 122 valence electrons. The monoisotopic (exact) mass is 337 g/mol. The Morgan fingerprint density at radius 1 is 1.30 bits per heavy atom. The Morgan fingerprint density at radius 3 is 2.52 bits per heavy atom. The Hall–Kier alpha value is -2.33. The lowest BCUT2D eigenvalue weighted by atomic mass is 9.90.